The van der Waals surface area contributed by atoms with E-state index in [1.165, 1.54) is 4.57 Å². The van der Waals surface area contributed by atoms with E-state index in [2.05, 4.69) is 5.32 Å². The summed E-state index contributed by atoms with van der Waals surface area (Å²) in [5.41, 5.74) is 2.48. The topological polar surface area (TPSA) is 108 Å². The molecular formula is C24H31N3O6S. The number of fused-ring (bicyclic) bond motifs is 1. The van der Waals surface area contributed by atoms with Crippen molar-refractivity contribution in [1.82, 2.24) is 14.3 Å². The Labute approximate surface area is 199 Å². The highest BCUT2D eigenvalue weighted by Gasteiger charge is 2.16. The molecule has 3 aromatic rings. The first kappa shape index (κ1) is 25.5. The van der Waals surface area contributed by atoms with E-state index in [0.29, 0.717) is 36.2 Å². The minimum absolute atomic E-state index is 0.0428. The molecule has 10 heteroatoms. The highest BCUT2D eigenvalue weighted by Crippen LogP contribution is 2.24. The van der Waals surface area contributed by atoms with Crippen molar-refractivity contribution in [3.63, 3.8) is 0 Å². The highest BCUT2D eigenvalue weighted by atomic mass is 32.2. The largest absolute Gasteiger partial charge is 0.497 e. The Hall–Kier alpha value is -3.11. The molecule has 184 valence electrons. The van der Waals surface area contributed by atoms with Gasteiger partial charge in [-0.3, -0.25) is 18.3 Å². The lowest BCUT2D eigenvalue weighted by Gasteiger charge is -2.16. The molecule has 0 spiro atoms. The summed E-state index contributed by atoms with van der Waals surface area (Å²) in [6.07, 6.45) is 6.70. The normalized spacial score (nSPS) is 11.8. The first-order valence-corrected chi connectivity index (χ1v) is 12.9. The van der Waals surface area contributed by atoms with Crippen molar-refractivity contribution in [3.05, 3.63) is 58.6 Å². The second-order valence-corrected chi connectivity index (χ2v) is 10.1. The molecular weight excluding hydrogens is 458 g/mol. The van der Waals surface area contributed by atoms with Crippen molar-refractivity contribution in [2.75, 3.05) is 20.0 Å². The van der Waals surface area contributed by atoms with Crippen molar-refractivity contribution in [2.24, 2.45) is 0 Å². The van der Waals surface area contributed by atoms with Crippen LogP contribution in [0.3, 0.4) is 0 Å². The van der Waals surface area contributed by atoms with Crippen LogP contribution < -0.4 is 15.6 Å². The van der Waals surface area contributed by atoms with E-state index in [9.17, 15) is 18.0 Å². The number of amides is 1. The third kappa shape index (κ3) is 6.71. The van der Waals surface area contributed by atoms with Crippen molar-refractivity contribution in [1.29, 1.82) is 0 Å². The van der Waals surface area contributed by atoms with E-state index in [4.69, 9.17) is 8.92 Å². The lowest BCUT2D eigenvalue weighted by Crippen LogP contribution is -2.36. The number of nitrogens with one attached hydrogen (secondary N) is 1. The smallest absolute Gasteiger partial charge is 0.275 e. The number of carbonyl (C=O) groups excluding carboxylic acids is 1. The zero-order chi connectivity index (χ0) is 24.9. The zero-order valence-corrected chi connectivity index (χ0v) is 20.7. The standard InChI is InChI=1S/C24H31N3O6S/c1-17(2)25-23(28)16-27-22(19-9-7-10-20(13-19)32-3)15-26-14-18(12-21(26)24(27)29)8-5-6-11-33-34(4,30)31/h7,9-10,12-15,17H,5-6,8,11,16H2,1-4H3,(H,25,28). The average molecular weight is 490 g/mol. The molecule has 9 nitrogen and oxygen atoms in total. The monoisotopic (exact) mass is 489 g/mol. The third-order valence-electron chi connectivity index (χ3n) is 5.20. The Bertz CT molecular complexity index is 1320. The number of methoxy groups -OCH3 is 1. The Morgan fingerprint density at radius 1 is 1.15 bits per heavy atom. The van der Waals surface area contributed by atoms with E-state index in [0.717, 1.165) is 17.4 Å². The van der Waals surface area contributed by atoms with Gasteiger partial charge < -0.3 is 14.5 Å². The second kappa shape index (κ2) is 10.9. The second-order valence-electron chi connectivity index (χ2n) is 8.48. The van der Waals surface area contributed by atoms with Crippen molar-refractivity contribution < 1.29 is 22.1 Å². The third-order valence-corrected chi connectivity index (χ3v) is 5.79. The quantitative estimate of drug-likeness (QED) is 0.328. The van der Waals surface area contributed by atoms with Crippen LogP contribution in [0.25, 0.3) is 16.8 Å². The highest BCUT2D eigenvalue weighted by molar-refractivity contribution is 7.85. The molecule has 34 heavy (non-hydrogen) atoms. The van der Waals surface area contributed by atoms with Gasteiger partial charge in [0, 0.05) is 24.0 Å². The number of aromatic nitrogens is 2. The molecule has 0 fully saturated rings. The molecule has 0 radical (unpaired) electrons. The van der Waals surface area contributed by atoms with Crippen LogP contribution in [0.5, 0.6) is 5.75 Å². The van der Waals surface area contributed by atoms with Gasteiger partial charge in [-0.05, 0) is 56.9 Å². The van der Waals surface area contributed by atoms with Crippen molar-refractivity contribution in [2.45, 2.75) is 45.7 Å². The number of hydrogen-bond donors (Lipinski definition) is 1. The van der Waals surface area contributed by atoms with Gasteiger partial charge in [-0.2, -0.15) is 8.42 Å². The van der Waals surface area contributed by atoms with Crippen LogP contribution >= 0.6 is 0 Å². The van der Waals surface area contributed by atoms with Crippen LogP contribution in [0.1, 0.15) is 32.3 Å². The predicted molar refractivity (Wildman–Crippen MR) is 131 cm³/mol. The van der Waals surface area contributed by atoms with E-state index in [-0.39, 0.29) is 30.7 Å². The number of hydrogen-bond acceptors (Lipinski definition) is 6. The molecule has 0 aliphatic heterocycles. The van der Waals surface area contributed by atoms with Crippen molar-refractivity contribution in [3.8, 4) is 17.0 Å². The molecule has 0 aliphatic carbocycles. The molecule has 1 aromatic carbocycles. The summed E-state index contributed by atoms with van der Waals surface area (Å²) < 4.78 is 35.5. The molecule has 0 atom stereocenters. The van der Waals surface area contributed by atoms with Gasteiger partial charge in [0.25, 0.3) is 15.7 Å². The first-order chi connectivity index (χ1) is 16.1. The number of carbonyl (C=O) groups is 1. The Balaban J connectivity index is 1.95. The molecule has 0 aliphatic rings. The summed E-state index contributed by atoms with van der Waals surface area (Å²) in [4.78, 5) is 26.0. The van der Waals surface area contributed by atoms with Gasteiger partial charge in [0.1, 0.15) is 17.8 Å². The van der Waals surface area contributed by atoms with Crippen LogP contribution in [0.15, 0.2) is 47.5 Å². The summed E-state index contributed by atoms with van der Waals surface area (Å²) >= 11 is 0. The summed E-state index contributed by atoms with van der Waals surface area (Å²) in [6.45, 7) is 3.76. The fourth-order valence-electron chi connectivity index (χ4n) is 3.72. The number of rotatable bonds is 11. The summed E-state index contributed by atoms with van der Waals surface area (Å²) in [7, 11) is -1.87. The molecule has 0 saturated heterocycles. The van der Waals surface area contributed by atoms with Crippen molar-refractivity contribution >= 4 is 21.5 Å². The summed E-state index contributed by atoms with van der Waals surface area (Å²) in [5.74, 6) is 0.399. The fourth-order valence-corrected chi connectivity index (χ4v) is 4.14. The van der Waals surface area contributed by atoms with E-state index in [1.807, 2.05) is 56.6 Å². The van der Waals surface area contributed by atoms with E-state index < -0.39 is 10.1 Å². The lowest BCUT2D eigenvalue weighted by atomic mass is 10.1. The zero-order valence-electron chi connectivity index (χ0n) is 19.9. The van der Waals surface area contributed by atoms with Gasteiger partial charge in [0.05, 0.1) is 25.7 Å². The Kier molecular flexibility index (Phi) is 8.16. The molecule has 3 rings (SSSR count). The molecule has 0 saturated carbocycles. The van der Waals surface area contributed by atoms with Gasteiger partial charge >= 0.3 is 0 Å². The first-order valence-electron chi connectivity index (χ1n) is 11.1. The number of benzene rings is 1. The minimum Gasteiger partial charge on any atom is -0.497 e. The number of nitrogens with zero attached hydrogens (tertiary/aromatic N) is 2. The van der Waals surface area contributed by atoms with Gasteiger partial charge in [-0.25, -0.2) is 0 Å². The Morgan fingerprint density at radius 2 is 1.91 bits per heavy atom. The average Bonchev–Trinajstić information content (AvgIpc) is 3.17. The van der Waals surface area contributed by atoms with Crippen LogP contribution in [0.2, 0.25) is 0 Å². The molecule has 1 amide bonds. The summed E-state index contributed by atoms with van der Waals surface area (Å²) in [5, 5.41) is 2.84. The maximum atomic E-state index is 13.4. The Morgan fingerprint density at radius 3 is 2.59 bits per heavy atom. The van der Waals surface area contributed by atoms with Gasteiger partial charge in [-0.15, -0.1) is 0 Å². The van der Waals surface area contributed by atoms with Crippen LogP contribution in [0.4, 0.5) is 0 Å². The minimum atomic E-state index is -3.44. The SMILES string of the molecule is COc1cccc(-c2cn3cc(CCCCOS(C)(=O)=O)cc3c(=O)n2CC(=O)NC(C)C)c1. The molecule has 2 aromatic heterocycles. The van der Waals surface area contributed by atoms with Crippen LogP contribution in [0, 0.1) is 0 Å². The van der Waals surface area contributed by atoms with Crippen LogP contribution in [-0.4, -0.2) is 49.3 Å². The number of unbranched alkanes of at least 4 members (excludes halogenated alkanes) is 1. The van der Waals surface area contributed by atoms with Gasteiger partial charge in [0.15, 0.2) is 0 Å². The molecule has 0 unspecified atom stereocenters. The summed E-state index contributed by atoms with van der Waals surface area (Å²) in [6, 6.07) is 9.11. The molecule has 1 N–H and O–H groups in total. The van der Waals surface area contributed by atoms with E-state index in [1.54, 1.807) is 11.5 Å². The number of aryl methyl sites for hydroxylation is 1. The predicted octanol–water partition coefficient (Wildman–Crippen LogP) is 2.60. The van der Waals surface area contributed by atoms with Gasteiger partial charge in [-0.1, -0.05) is 12.1 Å². The maximum Gasteiger partial charge on any atom is 0.275 e. The molecule has 2 heterocycles. The van der Waals surface area contributed by atoms with E-state index >= 15 is 0 Å². The van der Waals surface area contributed by atoms with Gasteiger partial charge in [0.2, 0.25) is 5.91 Å². The number of ether oxygens (including phenoxy) is 1. The lowest BCUT2D eigenvalue weighted by molar-refractivity contribution is -0.122. The fraction of sp³-hybridized carbons (Fsp3) is 0.417. The van der Waals surface area contributed by atoms with Crippen LogP contribution in [-0.2, 0) is 32.1 Å². The molecule has 0 bridgehead atoms. The maximum absolute atomic E-state index is 13.4.